The van der Waals surface area contributed by atoms with E-state index in [1.165, 1.54) is 33.8 Å². The number of carboxylic acids is 1. The van der Waals surface area contributed by atoms with Crippen LogP contribution in [0, 0.1) is 13.8 Å². The summed E-state index contributed by atoms with van der Waals surface area (Å²) in [6.07, 6.45) is 4.45. The number of rotatable bonds is 7. The van der Waals surface area contributed by atoms with Crippen molar-refractivity contribution in [3.8, 4) is 17.0 Å². The van der Waals surface area contributed by atoms with Gasteiger partial charge in [0.1, 0.15) is 23.8 Å². The fourth-order valence-corrected chi connectivity index (χ4v) is 7.73. The summed E-state index contributed by atoms with van der Waals surface area (Å²) in [5.74, 6) is 1.28. The molecule has 1 saturated heterocycles. The van der Waals surface area contributed by atoms with Crippen molar-refractivity contribution in [1.82, 2.24) is 9.53 Å². The van der Waals surface area contributed by atoms with E-state index in [9.17, 15) is 9.90 Å². The standard InChI is InChI=1S/C33H29N3O4S/c1-17-4-3-5-18(2)29(17)30-25(32(40-34-30)19-6-7-19)16-39-21-9-11-22-24(15-21)27-13-12-26(22)36(27)20-8-10-23-28(14-20)41-35-31(23)33(37)38/h3-5,8-11,14-15,19,26-27H,6-7,12-13,16H2,1-2H3,(H,37,38). The summed E-state index contributed by atoms with van der Waals surface area (Å²) in [6.45, 7) is 4.66. The number of aromatic carboxylic acids is 1. The van der Waals surface area contributed by atoms with Gasteiger partial charge in [-0.15, -0.1) is 0 Å². The second-order valence-electron chi connectivity index (χ2n) is 11.5. The van der Waals surface area contributed by atoms with Gasteiger partial charge in [-0.2, -0.15) is 4.37 Å². The molecule has 8 heteroatoms. The molecule has 2 atom stereocenters. The van der Waals surface area contributed by atoms with Crippen LogP contribution in [0.2, 0.25) is 0 Å². The average Bonchev–Trinajstić information content (AvgIpc) is 3.30. The smallest absolute Gasteiger partial charge is 0.356 e. The van der Waals surface area contributed by atoms with Gasteiger partial charge >= 0.3 is 5.97 Å². The summed E-state index contributed by atoms with van der Waals surface area (Å²) >= 11 is 1.25. The van der Waals surface area contributed by atoms with E-state index < -0.39 is 5.97 Å². The Hall–Kier alpha value is -4.17. The largest absolute Gasteiger partial charge is 0.489 e. The van der Waals surface area contributed by atoms with E-state index in [1.807, 2.05) is 12.1 Å². The Morgan fingerprint density at radius 1 is 1.02 bits per heavy atom. The zero-order valence-corrected chi connectivity index (χ0v) is 23.7. The Kier molecular flexibility index (Phi) is 5.51. The molecule has 2 bridgehead atoms. The first-order valence-electron chi connectivity index (χ1n) is 14.2. The van der Waals surface area contributed by atoms with Gasteiger partial charge in [0, 0.05) is 22.6 Å². The zero-order chi connectivity index (χ0) is 27.8. The summed E-state index contributed by atoms with van der Waals surface area (Å²) in [5.41, 5.74) is 9.38. The molecule has 1 saturated carbocycles. The monoisotopic (exact) mass is 563 g/mol. The van der Waals surface area contributed by atoms with Crippen LogP contribution in [-0.4, -0.2) is 20.6 Å². The summed E-state index contributed by atoms with van der Waals surface area (Å²) < 4.78 is 17.5. The van der Waals surface area contributed by atoms with Crippen LogP contribution in [0.4, 0.5) is 5.69 Å². The Labute approximate surface area is 241 Å². The third kappa shape index (κ3) is 3.88. The third-order valence-corrected chi connectivity index (χ3v) is 9.79. The highest BCUT2D eigenvalue weighted by atomic mass is 32.1. The fraction of sp³-hybridized carbons (Fsp3) is 0.303. The number of aryl methyl sites for hydroxylation is 2. The van der Waals surface area contributed by atoms with Gasteiger partial charge in [0.05, 0.1) is 22.3 Å². The lowest BCUT2D eigenvalue weighted by molar-refractivity contribution is 0.0694. The quantitative estimate of drug-likeness (QED) is 0.214. The molecule has 5 aromatic rings. The molecule has 8 rings (SSSR count). The minimum atomic E-state index is -0.984. The van der Waals surface area contributed by atoms with Gasteiger partial charge in [0.25, 0.3) is 0 Å². The molecule has 4 heterocycles. The first-order chi connectivity index (χ1) is 20.0. The number of ether oxygens (including phenoxy) is 1. The minimum Gasteiger partial charge on any atom is -0.489 e. The van der Waals surface area contributed by atoms with Gasteiger partial charge in [-0.1, -0.05) is 29.4 Å². The molecule has 2 unspecified atom stereocenters. The summed E-state index contributed by atoms with van der Waals surface area (Å²) in [5, 5.41) is 14.7. The maximum atomic E-state index is 11.5. The van der Waals surface area contributed by atoms with E-state index in [0.717, 1.165) is 64.4 Å². The predicted octanol–water partition coefficient (Wildman–Crippen LogP) is 8.12. The van der Waals surface area contributed by atoms with Crippen LogP contribution in [0.15, 0.2) is 59.1 Å². The van der Waals surface area contributed by atoms with E-state index in [2.05, 4.69) is 70.7 Å². The van der Waals surface area contributed by atoms with Gasteiger partial charge in [-0.25, -0.2) is 4.79 Å². The van der Waals surface area contributed by atoms with Crippen molar-refractivity contribution in [3.63, 3.8) is 0 Å². The molecule has 7 nitrogen and oxygen atoms in total. The first kappa shape index (κ1) is 24.6. The van der Waals surface area contributed by atoms with Crippen LogP contribution in [0.5, 0.6) is 5.75 Å². The Morgan fingerprint density at radius 2 is 1.80 bits per heavy atom. The maximum Gasteiger partial charge on any atom is 0.356 e. The molecule has 0 amide bonds. The average molecular weight is 564 g/mol. The molecule has 41 heavy (non-hydrogen) atoms. The number of hydrogen-bond donors (Lipinski definition) is 1. The van der Waals surface area contributed by atoms with Crippen LogP contribution >= 0.6 is 11.5 Å². The van der Waals surface area contributed by atoms with Crippen LogP contribution in [0.1, 0.15) is 87.8 Å². The van der Waals surface area contributed by atoms with Crippen molar-refractivity contribution in [2.45, 2.75) is 64.1 Å². The van der Waals surface area contributed by atoms with Gasteiger partial charge in [0.15, 0.2) is 5.69 Å². The van der Waals surface area contributed by atoms with E-state index in [0.29, 0.717) is 24.0 Å². The lowest BCUT2D eigenvalue weighted by atomic mass is 9.92. The molecule has 1 aliphatic carbocycles. The molecule has 2 fully saturated rings. The van der Waals surface area contributed by atoms with E-state index >= 15 is 0 Å². The summed E-state index contributed by atoms with van der Waals surface area (Å²) in [4.78, 5) is 14.0. The summed E-state index contributed by atoms with van der Waals surface area (Å²) in [7, 11) is 0. The van der Waals surface area contributed by atoms with Gasteiger partial charge in [0.2, 0.25) is 0 Å². The molecular weight excluding hydrogens is 534 g/mol. The molecule has 1 N–H and O–H groups in total. The van der Waals surface area contributed by atoms with E-state index in [4.69, 9.17) is 9.26 Å². The molecule has 3 aliphatic rings. The van der Waals surface area contributed by atoms with Crippen molar-refractivity contribution >= 4 is 33.3 Å². The lowest BCUT2D eigenvalue weighted by Gasteiger charge is -2.25. The Balaban J connectivity index is 1.08. The Bertz CT molecular complexity index is 1830. The highest BCUT2D eigenvalue weighted by Crippen LogP contribution is 2.56. The highest BCUT2D eigenvalue weighted by Gasteiger charge is 2.44. The van der Waals surface area contributed by atoms with Gasteiger partial charge in [-0.3, -0.25) is 0 Å². The van der Waals surface area contributed by atoms with Crippen LogP contribution < -0.4 is 9.64 Å². The third-order valence-electron chi connectivity index (χ3n) is 8.99. The first-order valence-corrected chi connectivity index (χ1v) is 15.0. The number of hydrogen-bond acceptors (Lipinski definition) is 7. The van der Waals surface area contributed by atoms with Crippen LogP contribution in [0.3, 0.4) is 0 Å². The van der Waals surface area contributed by atoms with Gasteiger partial charge < -0.3 is 19.3 Å². The van der Waals surface area contributed by atoms with Crippen LogP contribution in [0.25, 0.3) is 21.3 Å². The number of aromatic nitrogens is 2. The second kappa shape index (κ2) is 9.17. The minimum absolute atomic E-state index is 0.129. The molecule has 206 valence electrons. The number of benzene rings is 3. The van der Waals surface area contributed by atoms with Crippen molar-refractivity contribution in [3.05, 3.63) is 93.9 Å². The van der Waals surface area contributed by atoms with Gasteiger partial charge in [-0.05, 0) is 104 Å². The van der Waals surface area contributed by atoms with Crippen LogP contribution in [-0.2, 0) is 6.61 Å². The maximum absolute atomic E-state index is 11.5. The van der Waals surface area contributed by atoms with E-state index in [-0.39, 0.29) is 11.7 Å². The zero-order valence-electron chi connectivity index (χ0n) is 22.9. The number of nitrogens with zero attached hydrogens (tertiary/aromatic N) is 3. The van der Waals surface area contributed by atoms with E-state index in [1.54, 1.807) is 0 Å². The topological polar surface area (TPSA) is 88.7 Å². The fourth-order valence-electron chi connectivity index (χ4n) is 6.93. The predicted molar refractivity (Wildman–Crippen MR) is 158 cm³/mol. The lowest BCUT2D eigenvalue weighted by Crippen LogP contribution is -2.18. The summed E-state index contributed by atoms with van der Waals surface area (Å²) in [6, 6.07) is 19.5. The molecule has 0 spiro atoms. The number of carboxylic acid groups (broad SMARTS) is 1. The Morgan fingerprint density at radius 3 is 2.56 bits per heavy atom. The SMILES string of the molecule is Cc1cccc(C)c1-c1noc(C2CC2)c1COc1ccc2c(c1)C1CCC2N1c1ccc2c(C(=O)O)nsc2c1. The second-order valence-corrected chi connectivity index (χ2v) is 12.3. The number of anilines is 1. The molecule has 2 aromatic heterocycles. The van der Waals surface area contributed by atoms with Crippen molar-refractivity contribution < 1.29 is 19.2 Å². The number of carbonyl (C=O) groups is 1. The molecule has 0 radical (unpaired) electrons. The van der Waals surface area contributed by atoms with Crippen molar-refractivity contribution in [2.24, 2.45) is 0 Å². The number of fused-ring (bicyclic) bond motifs is 6. The molecular formula is C33H29N3O4S. The van der Waals surface area contributed by atoms with Crippen molar-refractivity contribution in [1.29, 1.82) is 0 Å². The highest BCUT2D eigenvalue weighted by molar-refractivity contribution is 7.13. The molecule has 3 aromatic carbocycles. The molecule has 2 aliphatic heterocycles. The normalized spacial score (nSPS) is 19.2. The van der Waals surface area contributed by atoms with Crippen molar-refractivity contribution in [2.75, 3.05) is 4.90 Å².